The van der Waals surface area contributed by atoms with Gasteiger partial charge in [0, 0.05) is 30.7 Å². The van der Waals surface area contributed by atoms with Crippen molar-refractivity contribution >= 4 is 17.5 Å². The van der Waals surface area contributed by atoms with Crippen LogP contribution in [0.1, 0.15) is 25.3 Å². The summed E-state index contributed by atoms with van der Waals surface area (Å²) in [6, 6.07) is 5.59. The van der Waals surface area contributed by atoms with Gasteiger partial charge >= 0.3 is 0 Å². The molecule has 0 aliphatic heterocycles. The predicted octanol–water partition coefficient (Wildman–Crippen LogP) is 2.48. The van der Waals surface area contributed by atoms with Gasteiger partial charge in [-0.1, -0.05) is 24.6 Å². The van der Waals surface area contributed by atoms with E-state index in [4.69, 9.17) is 22.1 Å². The molecule has 0 aliphatic carbocycles. The van der Waals surface area contributed by atoms with Gasteiger partial charge in [0.15, 0.2) is 0 Å². The van der Waals surface area contributed by atoms with Crippen LogP contribution in [0.3, 0.4) is 0 Å². The van der Waals surface area contributed by atoms with Crippen LogP contribution in [0.15, 0.2) is 18.2 Å². The number of amides is 1. The molecule has 0 saturated carbocycles. The van der Waals surface area contributed by atoms with Gasteiger partial charge in [0.1, 0.15) is 5.75 Å². The molecule has 20 heavy (non-hydrogen) atoms. The van der Waals surface area contributed by atoms with E-state index in [1.165, 1.54) is 0 Å². The van der Waals surface area contributed by atoms with Gasteiger partial charge in [0.05, 0.1) is 13.0 Å². The molecule has 0 bridgehead atoms. The molecule has 4 nitrogen and oxygen atoms in total. The lowest BCUT2D eigenvalue weighted by molar-refractivity contribution is -0.129. The van der Waals surface area contributed by atoms with E-state index in [1.54, 1.807) is 19.0 Å². The number of halogens is 1. The van der Waals surface area contributed by atoms with Crippen molar-refractivity contribution in [3.8, 4) is 5.75 Å². The Morgan fingerprint density at radius 3 is 2.75 bits per heavy atom. The molecule has 0 radical (unpaired) electrons. The highest BCUT2D eigenvalue weighted by molar-refractivity contribution is 6.31. The summed E-state index contributed by atoms with van der Waals surface area (Å²) < 4.78 is 5.70. The van der Waals surface area contributed by atoms with Crippen molar-refractivity contribution in [2.75, 3.05) is 20.7 Å². The maximum Gasteiger partial charge on any atom is 0.225 e. The summed E-state index contributed by atoms with van der Waals surface area (Å²) in [7, 11) is 3.46. The maximum atomic E-state index is 11.5. The van der Waals surface area contributed by atoms with Crippen LogP contribution in [0.4, 0.5) is 0 Å². The van der Waals surface area contributed by atoms with E-state index in [9.17, 15) is 4.79 Å². The Morgan fingerprint density at radius 1 is 1.45 bits per heavy atom. The van der Waals surface area contributed by atoms with E-state index in [1.807, 2.05) is 25.1 Å². The number of carbonyl (C=O) groups is 1. The van der Waals surface area contributed by atoms with E-state index < -0.39 is 0 Å². The summed E-state index contributed by atoms with van der Waals surface area (Å²) in [5.41, 5.74) is 6.90. The Kier molecular flexibility index (Phi) is 6.82. The highest BCUT2D eigenvalue weighted by Crippen LogP contribution is 2.28. The lowest BCUT2D eigenvalue weighted by atomic mass is 10.0. The standard InChI is InChI=1S/C15H23ClN2O2/c1-4-11(17)10-12-13(16)6-5-7-14(12)20-9-8-15(19)18(2)3/h5-7,11H,4,8-10,17H2,1-3H3. The van der Waals surface area contributed by atoms with Gasteiger partial charge in [-0.2, -0.15) is 0 Å². The first-order chi connectivity index (χ1) is 9.45. The van der Waals surface area contributed by atoms with Crippen LogP contribution in [0, 0.1) is 0 Å². The molecule has 0 heterocycles. The third kappa shape index (κ3) is 5.02. The number of benzene rings is 1. The Labute approximate surface area is 125 Å². The highest BCUT2D eigenvalue weighted by atomic mass is 35.5. The number of nitrogens with zero attached hydrogens (tertiary/aromatic N) is 1. The highest BCUT2D eigenvalue weighted by Gasteiger charge is 2.12. The van der Waals surface area contributed by atoms with Gasteiger partial charge in [-0.25, -0.2) is 0 Å². The third-order valence-corrected chi connectivity index (χ3v) is 3.49. The molecular weight excluding hydrogens is 276 g/mol. The molecule has 112 valence electrons. The first-order valence-electron chi connectivity index (χ1n) is 6.81. The Morgan fingerprint density at radius 2 is 2.15 bits per heavy atom. The van der Waals surface area contributed by atoms with Gasteiger partial charge in [-0.3, -0.25) is 4.79 Å². The number of hydrogen-bond acceptors (Lipinski definition) is 3. The van der Waals surface area contributed by atoms with Crippen molar-refractivity contribution in [2.45, 2.75) is 32.2 Å². The Bertz CT molecular complexity index is 449. The number of hydrogen-bond donors (Lipinski definition) is 1. The van der Waals surface area contributed by atoms with Crippen molar-refractivity contribution < 1.29 is 9.53 Å². The van der Waals surface area contributed by atoms with Crippen LogP contribution in [-0.2, 0) is 11.2 Å². The predicted molar refractivity (Wildman–Crippen MR) is 82.2 cm³/mol. The fourth-order valence-electron chi connectivity index (χ4n) is 1.75. The summed E-state index contributed by atoms with van der Waals surface area (Å²) in [6.45, 7) is 2.38. The van der Waals surface area contributed by atoms with Crippen molar-refractivity contribution in [1.29, 1.82) is 0 Å². The van der Waals surface area contributed by atoms with Gasteiger partial charge in [0.25, 0.3) is 0 Å². The van der Waals surface area contributed by atoms with Crippen LogP contribution in [-0.4, -0.2) is 37.6 Å². The average Bonchev–Trinajstić information content (AvgIpc) is 2.41. The molecule has 0 aromatic heterocycles. The van der Waals surface area contributed by atoms with E-state index in [0.717, 1.165) is 12.0 Å². The topological polar surface area (TPSA) is 55.6 Å². The van der Waals surface area contributed by atoms with E-state index in [-0.39, 0.29) is 11.9 Å². The van der Waals surface area contributed by atoms with Crippen LogP contribution >= 0.6 is 11.6 Å². The second-order valence-electron chi connectivity index (χ2n) is 4.98. The third-order valence-electron chi connectivity index (χ3n) is 3.14. The Balaban J connectivity index is 2.69. The quantitative estimate of drug-likeness (QED) is 0.841. The molecule has 1 amide bonds. The van der Waals surface area contributed by atoms with Gasteiger partial charge in [-0.05, 0) is 25.0 Å². The van der Waals surface area contributed by atoms with Crippen molar-refractivity contribution in [3.05, 3.63) is 28.8 Å². The fourth-order valence-corrected chi connectivity index (χ4v) is 1.99. The largest absolute Gasteiger partial charge is 0.493 e. The monoisotopic (exact) mass is 298 g/mol. The molecule has 1 rings (SSSR count). The number of carbonyl (C=O) groups excluding carboxylic acids is 1. The van der Waals surface area contributed by atoms with Crippen molar-refractivity contribution in [3.63, 3.8) is 0 Å². The first-order valence-corrected chi connectivity index (χ1v) is 7.19. The van der Waals surface area contributed by atoms with Crippen LogP contribution in [0.2, 0.25) is 5.02 Å². The molecule has 5 heteroatoms. The molecule has 1 aromatic carbocycles. The summed E-state index contributed by atoms with van der Waals surface area (Å²) in [5, 5.41) is 0.658. The second kappa shape index (κ2) is 8.12. The number of ether oxygens (including phenoxy) is 1. The SMILES string of the molecule is CCC(N)Cc1c(Cl)cccc1OCCC(=O)N(C)C. The molecular formula is C15H23ClN2O2. The molecule has 0 saturated heterocycles. The zero-order valence-corrected chi connectivity index (χ0v) is 13.1. The van der Waals surface area contributed by atoms with E-state index >= 15 is 0 Å². The van der Waals surface area contributed by atoms with Gasteiger partial charge in [0.2, 0.25) is 5.91 Å². The number of nitrogens with two attached hydrogens (primary N) is 1. The van der Waals surface area contributed by atoms with E-state index in [0.29, 0.717) is 30.2 Å². The van der Waals surface area contributed by atoms with Crippen LogP contribution in [0.25, 0.3) is 0 Å². The molecule has 0 spiro atoms. The molecule has 2 N–H and O–H groups in total. The summed E-state index contributed by atoms with van der Waals surface area (Å²) >= 11 is 6.21. The van der Waals surface area contributed by atoms with Gasteiger partial charge < -0.3 is 15.4 Å². The molecule has 1 unspecified atom stereocenters. The molecule has 0 aliphatic rings. The normalized spacial score (nSPS) is 12.1. The summed E-state index contributed by atoms with van der Waals surface area (Å²) in [4.78, 5) is 13.1. The zero-order valence-electron chi connectivity index (χ0n) is 12.4. The molecule has 1 atom stereocenters. The maximum absolute atomic E-state index is 11.5. The van der Waals surface area contributed by atoms with Crippen LogP contribution in [0.5, 0.6) is 5.75 Å². The summed E-state index contributed by atoms with van der Waals surface area (Å²) in [6.07, 6.45) is 1.90. The minimum atomic E-state index is 0.0406. The zero-order chi connectivity index (χ0) is 15.1. The fraction of sp³-hybridized carbons (Fsp3) is 0.533. The lowest BCUT2D eigenvalue weighted by Gasteiger charge is -2.16. The minimum Gasteiger partial charge on any atom is -0.493 e. The van der Waals surface area contributed by atoms with E-state index in [2.05, 4.69) is 0 Å². The Hall–Kier alpha value is -1.26. The smallest absolute Gasteiger partial charge is 0.225 e. The van der Waals surface area contributed by atoms with Crippen molar-refractivity contribution in [2.24, 2.45) is 5.73 Å². The molecule has 1 aromatic rings. The number of rotatable bonds is 7. The molecule has 0 fully saturated rings. The van der Waals surface area contributed by atoms with Crippen LogP contribution < -0.4 is 10.5 Å². The average molecular weight is 299 g/mol. The van der Waals surface area contributed by atoms with Crippen molar-refractivity contribution in [1.82, 2.24) is 4.90 Å². The first kappa shape index (κ1) is 16.8. The lowest BCUT2D eigenvalue weighted by Crippen LogP contribution is -2.24. The van der Waals surface area contributed by atoms with Gasteiger partial charge in [-0.15, -0.1) is 0 Å². The minimum absolute atomic E-state index is 0.0406. The second-order valence-corrected chi connectivity index (χ2v) is 5.38. The summed E-state index contributed by atoms with van der Waals surface area (Å²) in [5.74, 6) is 0.756.